The summed E-state index contributed by atoms with van der Waals surface area (Å²) >= 11 is 0. The van der Waals surface area contributed by atoms with E-state index in [1.54, 1.807) is 6.20 Å². The molecule has 0 unspecified atom stereocenters. The minimum atomic E-state index is 0.466. The number of anilines is 1. The normalized spacial score (nSPS) is 9.85. The molecule has 3 nitrogen and oxygen atoms in total. The van der Waals surface area contributed by atoms with E-state index in [0.29, 0.717) is 5.82 Å². The predicted molar refractivity (Wildman–Crippen MR) is 51.9 cm³/mol. The average Bonchev–Trinajstić information content (AvgIpc) is 2.20. The highest BCUT2D eigenvalue weighted by molar-refractivity contribution is 5.72. The Bertz CT molecular complexity index is 398. The molecule has 0 aliphatic heterocycles. The minimum absolute atomic E-state index is 0.466. The van der Waals surface area contributed by atoms with Gasteiger partial charge < -0.3 is 5.73 Å². The van der Waals surface area contributed by atoms with E-state index in [9.17, 15) is 0 Å². The molecule has 64 valence electrons. The first kappa shape index (κ1) is 7.73. The van der Waals surface area contributed by atoms with Gasteiger partial charge in [0.25, 0.3) is 0 Å². The molecule has 13 heavy (non-hydrogen) atoms. The van der Waals surface area contributed by atoms with Gasteiger partial charge in [0.1, 0.15) is 0 Å². The summed E-state index contributed by atoms with van der Waals surface area (Å²) in [6, 6.07) is 11.7. The van der Waals surface area contributed by atoms with Gasteiger partial charge in [-0.05, 0) is 11.6 Å². The first-order chi connectivity index (χ1) is 6.38. The number of nitrogens with two attached hydrogens (primary N) is 1. The van der Waals surface area contributed by atoms with Gasteiger partial charge in [0.05, 0.1) is 6.20 Å². The fraction of sp³-hybridized carbons (Fsp3) is 0. The van der Waals surface area contributed by atoms with Crippen molar-refractivity contribution in [2.45, 2.75) is 0 Å². The molecule has 1 aromatic carbocycles. The zero-order valence-electron chi connectivity index (χ0n) is 7.01. The molecular formula is C10H9N3. The van der Waals surface area contributed by atoms with Crippen molar-refractivity contribution in [1.29, 1.82) is 0 Å². The van der Waals surface area contributed by atoms with Gasteiger partial charge in [-0.2, -0.15) is 5.10 Å². The summed E-state index contributed by atoms with van der Waals surface area (Å²) < 4.78 is 0. The average molecular weight is 171 g/mol. The van der Waals surface area contributed by atoms with Crippen molar-refractivity contribution in [3.8, 4) is 11.1 Å². The number of benzene rings is 1. The van der Waals surface area contributed by atoms with E-state index in [2.05, 4.69) is 10.2 Å². The Labute approximate surface area is 76.2 Å². The number of nitrogen functional groups attached to an aromatic ring is 1. The van der Waals surface area contributed by atoms with Crippen molar-refractivity contribution in [2.75, 3.05) is 5.73 Å². The van der Waals surface area contributed by atoms with E-state index in [-0.39, 0.29) is 0 Å². The summed E-state index contributed by atoms with van der Waals surface area (Å²) in [6.07, 6.45) is 1.64. The monoisotopic (exact) mass is 171 g/mol. The molecule has 3 heteroatoms. The lowest BCUT2D eigenvalue weighted by molar-refractivity contribution is 1.04. The number of hydrogen-bond donors (Lipinski definition) is 1. The topological polar surface area (TPSA) is 51.8 Å². The van der Waals surface area contributed by atoms with Gasteiger partial charge in [-0.15, -0.1) is 5.10 Å². The van der Waals surface area contributed by atoms with Crippen LogP contribution < -0.4 is 5.73 Å². The van der Waals surface area contributed by atoms with Crippen molar-refractivity contribution >= 4 is 5.82 Å². The van der Waals surface area contributed by atoms with Crippen LogP contribution in [0.4, 0.5) is 5.82 Å². The van der Waals surface area contributed by atoms with Crippen LogP contribution >= 0.6 is 0 Å². The molecule has 0 aliphatic rings. The maximum absolute atomic E-state index is 5.68. The highest BCUT2D eigenvalue weighted by atomic mass is 15.1. The Kier molecular flexibility index (Phi) is 1.92. The quantitative estimate of drug-likeness (QED) is 0.710. The van der Waals surface area contributed by atoms with Crippen LogP contribution in [-0.4, -0.2) is 10.2 Å². The first-order valence-electron chi connectivity index (χ1n) is 4.00. The molecule has 1 heterocycles. The highest BCUT2D eigenvalue weighted by Gasteiger charge is 2.00. The zero-order chi connectivity index (χ0) is 9.10. The van der Waals surface area contributed by atoms with E-state index in [0.717, 1.165) is 11.1 Å². The molecule has 0 bridgehead atoms. The van der Waals surface area contributed by atoms with Crippen molar-refractivity contribution < 1.29 is 0 Å². The second kappa shape index (κ2) is 3.23. The zero-order valence-corrected chi connectivity index (χ0v) is 7.01. The van der Waals surface area contributed by atoms with Crippen molar-refractivity contribution in [1.82, 2.24) is 10.2 Å². The van der Waals surface area contributed by atoms with Crippen molar-refractivity contribution in [2.24, 2.45) is 0 Å². The van der Waals surface area contributed by atoms with Crippen LogP contribution in [0.1, 0.15) is 0 Å². The van der Waals surface area contributed by atoms with E-state index in [1.165, 1.54) is 0 Å². The molecule has 2 aromatic rings. The molecule has 0 aliphatic carbocycles. The lowest BCUT2D eigenvalue weighted by Crippen LogP contribution is -1.95. The van der Waals surface area contributed by atoms with Crippen molar-refractivity contribution in [3.05, 3.63) is 42.6 Å². The van der Waals surface area contributed by atoms with Gasteiger partial charge in [-0.3, -0.25) is 0 Å². The summed E-state index contributed by atoms with van der Waals surface area (Å²) in [5, 5.41) is 7.48. The molecule has 0 saturated heterocycles. The summed E-state index contributed by atoms with van der Waals surface area (Å²) in [6.45, 7) is 0. The number of nitrogens with zero attached hydrogens (tertiary/aromatic N) is 2. The van der Waals surface area contributed by atoms with Crippen LogP contribution in [0.3, 0.4) is 0 Å². The highest BCUT2D eigenvalue weighted by Crippen LogP contribution is 2.21. The Balaban J connectivity index is 2.54. The number of hydrogen-bond acceptors (Lipinski definition) is 3. The second-order valence-electron chi connectivity index (χ2n) is 2.70. The van der Waals surface area contributed by atoms with Gasteiger partial charge in [0.2, 0.25) is 0 Å². The Hall–Kier alpha value is -1.90. The maximum Gasteiger partial charge on any atom is 0.153 e. The van der Waals surface area contributed by atoms with Gasteiger partial charge in [-0.1, -0.05) is 30.3 Å². The summed E-state index contributed by atoms with van der Waals surface area (Å²) in [5.41, 5.74) is 7.67. The number of aromatic nitrogens is 2. The van der Waals surface area contributed by atoms with E-state index < -0.39 is 0 Å². The standard InChI is InChI=1S/C10H9N3/c11-10-9(6-7-12-13-10)8-4-2-1-3-5-8/h1-7H,(H2,11,13). The van der Waals surface area contributed by atoms with Gasteiger partial charge in [0, 0.05) is 5.56 Å². The van der Waals surface area contributed by atoms with Gasteiger partial charge in [0.15, 0.2) is 5.82 Å². The van der Waals surface area contributed by atoms with Crippen LogP contribution in [0.2, 0.25) is 0 Å². The molecule has 1 aromatic heterocycles. The van der Waals surface area contributed by atoms with E-state index >= 15 is 0 Å². The Morgan fingerprint density at radius 1 is 1.00 bits per heavy atom. The second-order valence-corrected chi connectivity index (χ2v) is 2.70. The van der Waals surface area contributed by atoms with Gasteiger partial charge >= 0.3 is 0 Å². The maximum atomic E-state index is 5.68. The Morgan fingerprint density at radius 3 is 2.46 bits per heavy atom. The summed E-state index contributed by atoms with van der Waals surface area (Å²) in [7, 11) is 0. The summed E-state index contributed by atoms with van der Waals surface area (Å²) in [5.74, 6) is 0.466. The molecule has 0 spiro atoms. The first-order valence-corrected chi connectivity index (χ1v) is 4.00. The molecule has 0 amide bonds. The smallest absolute Gasteiger partial charge is 0.153 e. The molecule has 2 N–H and O–H groups in total. The molecule has 0 atom stereocenters. The molecule has 2 rings (SSSR count). The third kappa shape index (κ3) is 1.49. The van der Waals surface area contributed by atoms with Crippen LogP contribution in [0, 0.1) is 0 Å². The lowest BCUT2D eigenvalue weighted by Gasteiger charge is -2.01. The van der Waals surface area contributed by atoms with E-state index in [1.807, 2.05) is 36.4 Å². The molecule has 0 saturated carbocycles. The largest absolute Gasteiger partial charge is 0.382 e. The van der Waals surface area contributed by atoms with Crippen molar-refractivity contribution in [3.63, 3.8) is 0 Å². The molecular weight excluding hydrogens is 162 g/mol. The van der Waals surface area contributed by atoms with Gasteiger partial charge in [-0.25, -0.2) is 0 Å². The van der Waals surface area contributed by atoms with Crippen LogP contribution in [-0.2, 0) is 0 Å². The Morgan fingerprint density at radius 2 is 1.77 bits per heavy atom. The predicted octanol–water partition coefficient (Wildman–Crippen LogP) is 1.73. The number of rotatable bonds is 1. The minimum Gasteiger partial charge on any atom is -0.382 e. The lowest BCUT2D eigenvalue weighted by atomic mass is 10.1. The molecule has 0 radical (unpaired) electrons. The SMILES string of the molecule is Nc1nnccc1-c1ccccc1. The summed E-state index contributed by atoms with van der Waals surface area (Å²) in [4.78, 5) is 0. The fourth-order valence-corrected chi connectivity index (χ4v) is 1.20. The van der Waals surface area contributed by atoms with Crippen LogP contribution in [0.5, 0.6) is 0 Å². The third-order valence-electron chi connectivity index (χ3n) is 1.83. The van der Waals surface area contributed by atoms with E-state index in [4.69, 9.17) is 5.73 Å². The fourth-order valence-electron chi connectivity index (χ4n) is 1.20. The van der Waals surface area contributed by atoms with Crippen LogP contribution in [0.15, 0.2) is 42.6 Å². The van der Waals surface area contributed by atoms with Crippen LogP contribution in [0.25, 0.3) is 11.1 Å². The molecule has 0 fully saturated rings. The third-order valence-corrected chi connectivity index (χ3v) is 1.83.